The third-order valence-corrected chi connectivity index (χ3v) is 3.85. The van der Waals surface area contributed by atoms with E-state index in [4.69, 9.17) is 9.84 Å². The number of rotatable bonds is 6. The van der Waals surface area contributed by atoms with E-state index in [1.54, 1.807) is 0 Å². The second-order valence-corrected chi connectivity index (χ2v) is 6.57. The molecule has 1 heterocycles. The number of carboxylic acid groups (broad SMARTS) is 1. The van der Waals surface area contributed by atoms with Crippen LogP contribution < -0.4 is 5.32 Å². The van der Waals surface area contributed by atoms with Gasteiger partial charge in [-0.05, 0) is 30.2 Å². The Kier molecular flexibility index (Phi) is 5.19. The maximum atomic E-state index is 12.1. The summed E-state index contributed by atoms with van der Waals surface area (Å²) in [5.41, 5.74) is 1.15. The number of nitrogens with one attached hydrogen (secondary N) is 1. The number of carbonyl (C=O) groups is 2. The van der Waals surface area contributed by atoms with E-state index in [0.717, 1.165) is 6.42 Å². The number of aliphatic carboxylic acids is 1. The van der Waals surface area contributed by atoms with Crippen molar-refractivity contribution >= 4 is 11.9 Å². The third-order valence-electron chi connectivity index (χ3n) is 3.85. The minimum atomic E-state index is -1.00. The van der Waals surface area contributed by atoms with Crippen LogP contribution in [0.4, 0.5) is 0 Å². The van der Waals surface area contributed by atoms with Gasteiger partial charge in [-0.25, -0.2) is 4.79 Å². The lowest BCUT2D eigenvalue weighted by atomic mass is 9.85. The summed E-state index contributed by atoms with van der Waals surface area (Å²) in [4.78, 5) is 22.9. The number of carboxylic acids is 1. The molecular weight excluding hydrogens is 282 g/mol. The highest BCUT2D eigenvalue weighted by atomic mass is 16.5. The van der Waals surface area contributed by atoms with E-state index in [1.807, 2.05) is 18.2 Å². The minimum Gasteiger partial charge on any atom is -0.479 e. The molecule has 0 unspecified atom stereocenters. The summed E-state index contributed by atoms with van der Waals surface area (Å²) >= 11 is 0. The molecule has 1 aliphatic rings. The number of hydrogen-bond donors (Lipinski definition) is 2. The Balaban J connectivity index is 1.81. The van der Waals surface area contributed by atoms with Gasteiger partial charge in [0.2, 0.25) is 5.91 Å². The highest BCUT2D eigenvalue weighted by molar-refractivity contribution is 5.82. The molecule has 0 spiro atoms. The first-order chi connectivity index (χ1) is 10.4. The van der Waals surface area contributed by atoms with E-state index in [0.29, 0.717) is 19.4 Å². The Labute approximate surface area is 130 Å². The van der Waals surface area contributed by atoms with Crippen molar-refractivity contribution < 1.29 is 19.4 Å². The summed E-state index contributed by atoms with van der Waals surface area (Å²) in [5, 5.41) is 11.8. The topological polar surface area (TPSA) is 75.6 Å². The van der Waals surface area contributed by atoms with Crippen LogP contribution in [0, 0.1) is 5.41 Å². The van der Waals surface area contributed by atoms with Crippen LogP contribution in [-0.4, -0.2) is 35.7 Å². The lowest BCUT2D eigenvalue weighted by molar-refractivity contribution is -0.151. The Morgan fingerprint density at radius 2 is 1.86 bits per heavy atom. The van der Waals surface area contributed by atoms with E-state index < -0.39 is 18.2 Å². The SMILES string of the molecule is CC(C)(CNC(=O)[C@@H]1CC[C@H](C(=O)O)O1)Cc1ccccc1. The highest BCUT2D eigenvalue weighted by Gasteiger charge is 2.35. The average molecular weight is 305 g/mol. The van der Waals surface area contributed by atoms with E-state index in [1.165, 1.54) is 5.56 Å². The van der Waals surface area contributed by atoms with Gasteiger partial charge in [-0.1, -0.05) is 44.2 Å². The number of benzene rings is 1. The van der Waals surface area contributed by atoms with Gasteiger partial charge in [0.15, 0.2) is 6.10 Å². The molecule has 0 bridgehead atoms. The molecule has 0 aromatic heterocycles. The number of hydrogen-bond acceptors (Lipinski definition) is 3. The van der Waals surface area contributed by atoms with Gasteiger partial charge < -0.3 is 15.2 Å². The molecule has 0 radical (unpaired) electrons. The summed E-state index contributed by atoms with van der Waals surface area (Å²) in [6.45, 7) is 4.71. The first-order valence-corrected chi connectivity index (χ1v) is 7.57. The quantitative estimate of drug-likeness (QED) is 0.843. The van der Waals surface area contributed by atoms with Crippen LogP contribution in [-0.2, 0) is 20.7 Å². The molecule has 1 saturated heterocycles. The van der Waals surface area contributed by atoms with E-state index in [-0.39, 0.29) is 11.3 Å². The van der Waals surface area contributed by atoms with Gasteiger partial charge in [-0.2, -0.15) is 0 Å². The molecule has 2 N–H and O–H groups in total. The maximum Gasteiger partial charge on any atom is 0.332 e. The molecular formula is C17H23NO4. The third kappa shape index (κ3) is 4.56. The normalized spacial score (nSPS) is 21.5. The van der Waals surface area contributed by atoms with E-state index >= 15 is 0 Å². The molecule has 1 amide bonds. The zero-order chi connectivity index (χ0) is 16.2. The van der Waals surface area contributed by atoms with Gasteiger partial charge in [-0.15, -0.1) is 0 Å². The molecule has 120 valence electrons. The molecule has 1 aliphatic heterocycles. The van der Waals surface area contributed by atoms with Crippen LogP contribution in [0.2, 0.25) is 0 Å². The predicted octanol–water partition coefficient (Wildman–Crippen LogP) is 2.00. The Morgan fingerprint density at radius 1 is 1.23 bits per heavy atom. The summed E-state index contributed by atoms with van der Waals surface area (Å²) < 4.78 is 5.26. The van der Waals surface area contributed by atoms with Crippen molar-refractivity contribution in [2.45, 2.75) is 45.3 Å². The van der Waals surface area contributed by atoms with E-state index in [2.05, 4.69) is 31.3 Å². The van der Waals surface area contributed by atoms with Crippen LogP contribution in [0.1, 0.15) is 32.3 Å². The Hall–Kier alpha value is -1.88. The van der Waals surface area contributed by atoms with Crippen molar-refractivity contribution in [2.75, 3.05) is 6.54 Å². The van der Waals surface area contributed by atoms with Crippen molar-refractivity contribution in [3.8, 4) is 0 Å². The second-order valence-electron chi connectivity index (χ2n) is 6.57. The van der Waals surface area contributed by atoms with Gasteiger partial charge in [0.25, 0.3) is 0 Å². The molecule has 22 heavy (non-hydrogen) atoms. The predicted molar refractivity (Wildman–Crippen MR) is 82.5 cm³/mol. The van der Waals surface area contributed by atoms with Gasteiger partial charge in [-0.3, -0.25) is 4.79 Å². The molecule has 1 fully saturated rings. The molecule has 5 nitrogen and oxygen atoms in total. The fourth-order valence-electron chi connectivity index (χ4n) is 2.66. The lowest BCUT2D eigenvalue weighted by Crippen LogP contribution is -2.41. The minimum absolute atomic E-state index is 0.0815. The first kappa shape index (κ1) is 16.5. The molecule has 0 aliphatic carbocycles. The van der Waals surface area contributed by atoms with Crippen molar-refractivity contribution in [3.05, 3.63) is 35.9 Å². The molecule has 5 heteroatoms. The smallest absolute Gasteiger partial charge is 0.332 e. The van der Waals surface area contributed by atoms with Crippen LogP contribution in [0.15, 0.2) is 30.3 Å². The number of amides is 1. The Morgan fingerprint density at radius 3 is 2.45 bits per heavy atom. The fourth-order valence-corrected chi connectivity index (χ4v) is 2.66. The van der Waals surface area contributed by atoms with Crippen LogP contribution >= 0.6 is 0 Å². The summed E-state index contributed by atoms with van der Waals surface area (Å²) in [7, 11) is 0. The van der Waals surface area contributed by atoms with Gasteiger partial charge >= 0.3 is 5.97 Å². The van der Waals surface area contributed by atoms with Crippen molar-refractivity contribution in [1.29, 1.82) is 0 Å². The zero-order valence-electron chi connectivity index (χ0n) is 13.0. The largest absolute Gasteiger partial charge is 0.479 e. The summed E-state index contributed by atoms with van der Waals surface area (Å²) in [5.74, 6) is -1.22. The zero-order valence-corrected chi connectivity index (χ0v) is 13.0. The molecule has 2 atom stereocenters. The second kappa shape index (κ2) is 6.92. The average Bonchev–Trinajstić information content (AvgIpc) is 2.95. The Bertz CT molecular complexity index is 527. The van der Waals surface area contributed by atoms with Crippen LogP contribution in [0.5, 0.6) is 0 Å². The van der Waals surface area contributed by atoms with Crippen LogP contribution in [0.3, 0.4) is 0 Å². The number of carbonyl (C=O) groups excluding carboxylic acids is 1. The first-order valence-electron chi connectivity index (χ1n) is 7.57. The monoisotopic (exact) mass is 305 g/mol. The van der Waals surface area contributed by atoms with Crippen molar-refractivity contribution in [2.24, 2.45) is 5.41 Å². The highest BCUT2D eigenvalue weighted by Crippen LogP contribution is 2.23. The molecule has 1 aromatic carbocycles. The lowest BCUT2D eigenvalue weighted by Gasteiger charge is -2.26. The molecule has 2 rings (SSSR count). The maximum absolute atomic E-state index is 12.1. The molecule has 1 aromatic rings. The van der Waals surface area contributed by atoms with Crippen LogP contribution in [0.25, 0.3) is 0 Å². The van der Waals surface area contributed by atoms with Gasteiger partial charge in [0, 0.05) is 6.54 Å². The standard InChI is InChI=1S/C17H23NO4/c1-17(2,10-12-6-4-3-5-7-12)11-18-15(19)13-8-9-14(22-13)16(20)21/h3-7,13-14H,8-11H2,1-2H3,(H,18,19)(H,20,21)/t13-,14+/m0/s1. The number of ether oxygens (including phenoxy) is 1. The van der Waals surface area contributed by atoms with Crippen molar-refractivity contribution in [3.63, 3.8) is 0 Å². The van der Waals surface area contributed by atoms with Gasteiger partial charge in [0.1, 0.15) is 6.10 Å². The summed E-state index contributed by atoms with van der Waals surface area (Å²) in [6.07, 6.45) is 0.210. The summed E-state index contributed by atoms with van der Waals surface area (Å²) in [6, 6.07) is 10.1. The van der Waals surface area contributed by atoms with E-state index in [9.17, 15) is 9.59 Å². The van der Waals surface area contributed by atoms with Crippen molar-refractivity contribution in [1.82, 2.24) is 5.32 Å². The molecule has 0 saturated carbocycles. The van der Waals surface area contributed by atoms with Gasteiger partial charge in [0.05, 0.1) is 0 Å². The fraction of sp³-hybridized carbons (Fsp3) is 0.529.